The second-order valence-corrected chi connectivity index (χ2v) is 6.88. The van der Waals surface area contributed by atoms with Crippen molar-refractivity contribution < 1.29 is 53.7 Å². The number of hydrogen-bond acceptors (Lipinski definition) is 2. The SMILES string of the molecule is CC1C2CC(CC2OCC(O)(C(F)(F)F)C(F)(F)F)C1C(F)(F)CF.CF. The van der Waals surface area contributed by atoms with E-state index in [0.29, 0.717) is 7.18 Å². The van der Waals surface area contributed by atoms with Gasteiger partial charge in [-0.2, -0.15) is 26.3 Å². The molecule has 0 amide bonds. The fourth-order valence-corrected chi connectivity index (χ4v) is 4.18. The maximum absolute atomic E-state index is 13.6. The normalized spacial score (nSPS) is 31.7. The fraction of sp³-hybridized carbons (Fsp3) is 1.00. The molecule has 162 valence electrons. The first-order chi connectivity index (χ1) is 12.2. The number of aliphatic hydroxyl groups is 1. The molecule has 2 bridgehead atoms. The monoisotopic (exact) mass is 422 g/mol. The summed E-state index contributed by atoms with van der Waals surface area (Å²) >= 11 is 0. The third kappa shape index (κ3) is 4.30. The van der Waals surface area contributed by atoms with Gasteiger partial charge in [-0.3, -0.25) is 4.39 Å². The molecule has 0 aromatic carbocycles. The van der Waals surface area contributed by atoms with E-state index in [1.807, 2.05) is 0 Å². The average Bonchev–Trinajstić information content (AvgIpc) is 3.09. The van der Waals surface area contributed by atoms with E-state index in [9.17, 15) is 43.9 Å². The highest BCUT2D eigenvalue weighted by molar-refractivity contribution is 5.05. The number of halogens is 10. The molecular weight excluding hydrogens is 402 g/mol. The lowest BCUT2D eigenvalue weighted by Crippen LogP contribution is -2.60. The average molecular weight is 422 g/mol. The van der Waals surface area contributed by atoms with E-state index in [4.69, 9.17) is 9.84 Å². The number of ether oxygens (including phenoxy) is 1. The highest BCUT2D eigenvalue weighted by atomic mass is 19.4. The molecule has 2 aliphatic carbocycles. The Balaban J connectivity index is 0.00000176. The minimum Gasteiger partial charge on any atom is -0.374 e. The van der Waals surface area contributed by atoms with Crippen LogP contribution in [0.15, 0.2) is 0 Å². The Labute approximate surface area is 148 Å². The first-order valence-electron chi connectivity index (χ1n) is 7.94. The molecular formula is C15H20F10O2. The number of alkyl halides is 10. The van der Waals surface area contributed by atoms with Gasteiger partial charge in [0.25, 0.3) is 11.5 Å². The summed E-state index contributed by atoms with van der Waals surface area (Å²) in [6.07, 6.45) is -13.2. The van der Waals surface area contributed by atoms with Crippen LogP contribution < -0.4 is 0 Å². The minimum absolute atomic E-state index is 0.114. The van der Waals surface area contributed by atoms with Crippen LogP contribution in [0.4, 0.5) is 43.9 Å². The first-order valence-corrected chi connectivity index (χ1v) is 7.94. The largest absolute Gasteiger partial charge is 0.428 e. The van der Waals surface area contributed by atoms with E-state index in [-0.39, 0.29) is 12.8 Å². The van der Waals surface area contributed by atoms with E-state index in [1.165, 1.54) is 6.92 Å². The Bertz CT molecular complexity index is 474. The van der Waals surface area contributed by atoms with Crippen LogP contribution in [0.5, 0.6) is 0 Å². The maximum atomic E-state index is 13.6. The van der Waals surface area contributed by atoms with Crippen molar-refractivity contribution in [2.45, 2.75) is 49.7 Å². The van der Waals surface area contributed by atoms with Gasteiger partial charge in [-0.05, 0) is 30.6 Å². The van der Waals surface area contributed by atoms with Crippen molar-refractivity contribution >= 4 is 0 Å². The van der Waals surface area contributed by atoms with Gasteiger partial charge in [0.15, 0.2) is 6.67 Å². The van der Waals surface area contributed by atoms with Crippen LogP contribution in [0.1, 0.15) is 19.8 Å². The van der Waals surface area contributed by atoms with Gasteiger partial charge in [-0.1, -0.05) is 6.92 Å². The zero-order valence-electron chi connectivity index (χ0n) is 14.4. The molecule has 0 spiro atoms. The van der Waals surface area contributed by atoms with Crippen LogP contribution in [0.3, 0.4) is 0 Å². The topological polar surface area (TPSA) is 29.5 Å². The highest BCUT2D eigenvalue weighted by Gasteiger charge is 2.71. The van der Waals surface area contributed by atoms with Crippen molar-refractivity contribution in [2.24, 2.45) is 23.7 Å². The Kier molecular flexibility index (Phi) is 7.12. The van der Waals surface area contributed by atoms with Gasteiger partial charge < -0.3 is 9.84 Å². The van der Waals surface area contributed by atoms with Crippen LogP contribution in [-0.2, 0) is 4.74 Å². The summed E-state index contributed by atoms with van der Waals surface area (Å²) in [5, 5.41) is 9.06. The molecule has 0 aromatic heterocycles. The summed E-state index contributed by atoms with van der Waals surface area (Å²) in [6.45, 7) is -2.59. The van der Waals surface area contributed by atoms with Gasteiger partial charge in [0.05, 0.1) is 19.9 Å². The van der Waals surface area contributed by atoms with Crippen molar-refractivity contribution in [3.63, 3.8) is 0 Å². The Morgan fingerprint density at radius 2 is 1.41 bits per heavy atom. The highest BCUT2D eigenvalue weighted by Crippen LogP contribution is 2.58. The smallest absolute Gasteiger partial charge is 0.374 e. The third-order valence-corrected chi connectivity index (χ3v) is 5.45. The quantitative estimate of drug-likeness (QED) is 0.651. The molecule has 2 aliphatic rings. The molecule has 0 heterocycles. The van der Waals surface area contributed by atoms with Gasteiger partial charge in [-0.15, -0.1) is 0 Å². The number of hydrogen-bond donors (Lipinski definition) is 1. The molecule has 27 heavy (non-hydrogen) atoms. The zero-order valence-corrected chi connectivity index (χ0v) is 14.4. The van der Waals surface area contributed by atoms with Gasteiger partial charge in [-0.25, -0.2) is 13.2 Å². The molecule has 0 aromatic rings. The van der Waals surface area contributed by atoms with Gasteiger partial charge in [0, 0.05) is 5.92 Å². The second kappa shape index (κ2) is 7.92. The molecule has 2 nitrogen and oxygen atoms in total. The van der Waals surface area contributed by atoms with Crippen molar-refractivity contribution in [1.29, 1.82) is 0 Å². The van der Waals surface area contributed by atoms with Crippen molar-refractivity contribution in [1.82, 2.24) is 0 Å². The van der Waals surface area contributed by atoms with E-state index >= 15 is 0 Å². The summed E-state index contributed by atoms with van der Waals surface area (Å²) in [5.74, 6) is -7.20. The molecule has 0 radical (unpaired) electrons. The Hall–Kier alpha value is -0.780. The fourth-order valence-electron chi connectivity index (χ4n) is 4.18. The van der Waals surface area contributed by atoms with Crippen molar-refractivity contribution in [3.8, 4) is 0 Å². The summed E-state index contributed by atoms with van der Waals surface area (Å²) in [5.41, 5.74) is -5.03. The lowest BCUT2D eigenvalue weighted by molar-refractivity contribution is -0.380. The molecule has 0 aliphatic heterocycles. The van der Waals surface area contributed by atoms with E-state index in [2.05, 4.69) is 0 Å². The van der Waals surface area contributed by atoms with Crippen LogP contribution in [0, 0.1) is 23.7 Å². The summed E-state index contributed by atoms with van der Waals surface area (Å²) in [4.78, 5) is 0. The van der Waals surface area contributed by atoms with E-state index in [0.717, 1.165) is 0 Å². The molecule has 2 fully saturated rings. The third-order valence-electron chi connectivity index (χ3n) is 5.45. The summed E-state index contributed by atoms with van der Waals surface area (Å²) in [7, 11) is 0.500. The zero-order chi connectivity index (χ0) is 21.4. The van der Waals surface area contributed by atoms with E-state index < -0.39 is 66.9 Å². The number of rotatable bonds is 5. The molecule has 5 atom stereocenters. The Morgan fingerprint density at radius 3 is 1.78 bits per heavy atom. The van der Waals surface area contributed by atoms with Crippen LogP contribution in [-0.4, -0.2) is 55.5 Å². The predicted molar refractivity (Wildman–Crippen MR) is 73.6 cm³/mol. The molecule has 1 N–H and O–H groups in total. The molecule has 5 unspecified atom stereocenters. The summed E-state index contributed by atoms with van der Waals surface area (Å²) in [6, 6.07) is 0. The van der Waals surface area contributed by atoms with Crippen LogP contribution in [0.2, 0.25) is 0 Å². The molecule has 0 saturated heterocycles. The lowest BCUT2D eigenvalue weighted by atomic mass is 9.75. The van der Waals surface area contributed by atoms with Crippen LogP contribution in [0.25, 0.3) is 0 Å². The molecule has 12 heteroatoms. The van der Waals surface area contributed by atoms with Crippen LogP contribution >= 0.6 is 0 Å². The Morgan fingerprint density at radius 1 is 0.926 bits per heavy atom. The van der Waals surface area contributed by atoms with Gasteiger partial charge in [0.1, 0.15) is 0 Å². The van der Waals surface area contributed by atoms with Gasteiger partial charge >= 0.3 is 12.4 Å². The van der Waals surface area contributed by atoms with Crippen molar-refractivity contribution in [2.75, 3.05) is 20.5 Å². The second-order valence-electron chi connectivity index (χ2n) is 6.88. The molecule has 2 saturated carbocycles. The minimum atomic E-state index is -6.00. The lowest BCUT2D eigenvalue weighted by Gasteiger charge is -2.38. The first kappa shape index (κ1) is 24.3. The summed E-state index contributed by atoms with van der Waals surface area (Å²) < 4.78 is 130. The predicted octanol–water partition coefficient (Wildman–Crippen LogP) is 4.71. The molecule has 2 rings (SSSR count). The standard InChI is InChI=1S/C14H17F9O2.CH3F/c1-6-8-2-7(10(6)11(16,17)4-15)3-9(8)25-5-12(24,13(18,19)20)14(21,22)23;1-2/h6-10,24H,2-5H2,1H3;1H3. The number of fused-ring (bicyclic) bond motifs is 2. The van der Waals surface area contributed by atoms with E-state index in [1.54, 1.807) is 0 Å². The van der Waals surface area contributed by atoms with Gasteiger partial charge in [0.2, 0.25) is 0 Å². The van der Waals surface area contributed by atoms with Crippen molar-refractivity contribution in [3.05, 3.63) is 0 Å². The maximum Gasteiger partial charge on any atom is 0.428 e.